The molecule has 0 aromatic carbocycles. The maximum atomic E-state index is 10.9. The van der Waals surface area contributed by atoms with Crippen LogP contribution in [0, 0.1) is 0 Å². The van der Waals surface area contributed by atoms with Gasteiger partial charge in [-0.1, -0.05) is 11.6 Å². The molecule has 2 N–H and O–H groups in total. The second-order valence-electron chi connectivity index (χ2n) is 3.48. The number of rotatable bonds is 6. The van der Waals surface area contributed by atoms with E-state index in [1.807, 2.05) is 13.8 Å². The molecular formula is C11H15ClN2O3. The Kier molecular flexibility index (Phi) is 5.18. The smallest absolute Gasteiger partial charge is 0.339 e. The zero-order chi connectivity index (χ0) is 12.8. The number of carboxylic acids is 1. The molecule has 1 aromatic heterocycles. The third kappa shape index (κ3) is 4.20. The van der Waals surface area contributed by atoms with E-state index < -0.39 is 5.97 Å². The maximum Gasteiger partial charge on any atom is 0.339 e. The van der Waals surface area contributed by atoms with Gasteiger partial charge in [0.25, 0.3) is 0 Å². The summed E-state index contributed by atoms with van der Waals surface area (Å²) in [4.78, 5) is 14.9. The number of anilines is 1. The highest BCUT2D eigenvalue weighted by Gasteiger charge is 2.12. The average molecular weight is 259 g/mol. The number of pyridine rings is 1. The highest BCUT2D eigenvalue weighted by Crippen LogP contribution is 2.16. The molecule has 0 spiro atoms. The Labute approximate surface area is 105 Å². The molecule has 6 heteroatoms. The number of aromatic carboxylic acids is 1. The zero-order valence-corrected chi connectivity index (χ0v) is 10.5. The number of ether oxygens (including phenoxy) is 1. The molecule has 1 rings (SSSR count). The Morgan fingerprint density at radius 3 is 2.94 bits per heavy atom. The van der Waals surface area contributed by atoms with Crippen molar-refractivity contribution in [3.8, 4) is 0 Å². The van der Waals surface area contributed by atoms with Crippen molar-refractivity contribution in [3.05, 3.63) is 22.8 Å². The molecular weight excluding hydrogens is 244 g/mol. The first-order valence-electron chi connectivity index (χ1n) is 5.30. The van der Waals surface area contributed by atoms with Crippen molar-refractivity contribution in [3.63, 3.8) is 0 Å². The molecule has 0 saturated heterocycles. The van der Waals surface area contributed by atoms with E-state index in [-0.39, 0.29) is 22.6 Å². The molecule has 0 saturated carbocycles. The van der Waals surface area contributed by atoms with Crippen LogP contribution in [0.25, 0.3) is 0 Å². The van der Waals surface area contributed by atoms with Crippen molar-refractivity contribution in [2.24, 2.45) is 0 Å². The average Bonchev–Trinajstić information content (AvgIpc) is 2.26. The van der Waals surface area contributed by atoms with E-state index in [9.17, 15) is 4.79 Å². The minimum absolute atomic E-state index is 0.0255. The summed E-state index contributed by atoms with van der Waals surface area (Å²) in [5.41, 5.74) is 0.0955. The van der Waals surface area contributed by atoms with Crippen molar-refractivity contribution in [2.45, 2.75) is 20.0 Å². The van der Waals surface area contributed by atoms with E-state index in [0.717, 1.165) is 0 Å². The monoisotopic (exact) mass is 258 g/mol. The lowest BCUT2D eigenvalue weighted by atomic mass is 10.2. The van der Waals surface area contributed by atoms with Crippen LogP contribution < -0.4 is 5.32 Å². The molecule has 5 nitrogen and oxygen atoms in total. The van der Waals surface area contributed by atoms with Gasteiger partial charge in [0, 0.05) is 13.2 Å². The summed E-state index contributed by atoms with van der Waals surface area (Å²) in [5, 5.41) is 12.1. The van der Waals surface area contributed by atoms with E-state index in [2.05, 4.69) is 10.3 Å². The molecule has 0 aliphatic heterocycles. The predicted molar refractivity (Wildman–Crippen MR) is 65.8 cm³/mol. The number of carboxylic acid groups (broad SMARTS) is 1. The number of hydrogen-bond acceptors (Lipinski definition) is 4. The first kappa shape index (κ1) is 13.7. The van der Waals surface area contributed by atoms with Gasteiger partial charge in [-0.25, -0.2) is 9.78 Å². The van der Waals surface area contributed by atoms with Gasteiger partial charge in [-0.2, -0.15) is 0 Å². The van der Waals surface area contributed by atoms with Gasteiger partial charge in [0.05, 0.1) is 6.10 Å². The normalized spacial score (nSPS) is 12.2. The van der Waals surface area contributed by atoms with Crippen LogP contribution in [0.4, 0.5) is 5.82 Å². The van der Waals surface area contributed by atoms with Gasteiger partial charge in [0.15, 0.2) is 0 Å². The number of carbonyl (C=O) groups is 1. The summed E-state index contributed by atoms with van der Waals surface area (Å²) in [6, 6.07) is 2.87. The first-order chi connectivity index (χ1) is 8.04. The molecule has 1 aromatic rings. The summed E-state index contributed by atoms with van der Waals surface area (Å²) >= 11 is 5.72. The fourth-order valence-electron chi connectivity index (χ4n) is 1.33. The van der Waals surface area contributed by atoms with Crippen molar-refractivity contribution in [2.75, 3.05) is 18.5 Å². The molecule has 0 bridgehead atoms. The van der Waals surface area contributed by atoms with Crippen LogP contribution in [0.2, 0.25) is 5.15 Å². The van der Waals surface area contributed by atoms with Crippen molar-refractivity contribution in [1.82, 2.24) is 4.98 Å². The van der Waals surface area contributed by atoms with E-state index >= 15 is 0 Å². The molecule has 94 valence electrons. The number of nitrogens with zero attached hydrogens (tertiary/aromatic N) is 1. The van der Waals surface area contributed by atoms with Crippen molar-refractivity contribution in [1.29, 1.82) is 0 Å². The lowest BCUT2D eigenvalue weighted by Crippen LogP contribution is -2.21. The number of nitrogens with one attached hydrogen (secondary N) is 1. The molecule has 0 fully saturated rings. The number of hydrogen-bond donors (Lipinski definition) is 2. The van der Waals surface area contributed by atoms with E-state index in [4.69, 9.17) is 21.4 Å². The summed E-state index contributed by atoms with van der Waals surface area (Å²) in [6.45, 7) is 4.87. The minimum atomic E-state index is -1.04. The van der Waals surface area contributed by atoms with Crippen LogP contribution >= 0.6 is 11.6 Å². The third-order valence-electron chi connectivity index (χ3n) is 2.10. The van der Waals surface area contributed by atoms with E-state index in [1.54, 1.807) is 0 Å². The summed E-state index contributed by atoms with van der Waals surface area (Å²) in [5.74, 6) is -0.780. The Hall–Kier alpha value is -1.33. The van der Waals surface area contributed by atoms with Crippen LogP contribution in [-0.4, -0.2) is 35.3 Å². The fraction of sp³-hybridized carbons (Fsp3) is 0.455. The van der Waals surface area contributed by atoms with Gasteiger partial charge in [-0.3, -0.25) is 0 Å². The lowest BCUT2D eigenvalue weighted by molar-refractivity contribution is 0.0696. The molecule has 1 unspecified atom stereocenters. The lowest BCUT2D eigenvalue weighted by Gasteiger charge is -2.14. The summed E-state index contributed by atoms with van der Waals surface area (Å²) in [7, 11) is 0. The summed E-state index contributed by atoms with van der Waals surface area (Å²) in [6.07, 6.45) is -0.0255. The van der Waals surface area contributed by atoms with E-state index in [0.29, 0.717) is 13.2 Å². The standard InChI is InChI=1S/C11H15ClN2O3/c1-3-17-7(2)6-13-10-8(11(15)16)4-5-9(12)14-10/h4-5,7H,3,6H2,1-2H3,(H,13,14)(H,15,16). The third-order valence-corrected chi connectivity index (χ3v) is 2.31. The van der Waals surface area contributed by atoms with E-state index in [1.165, 1.54) is 12.1 Å². The second kappa shape index (κ2) is 6.42. The second-order valence-corrected chi connectivity index (χ2v) is 3.87. The van der Waals surface area contributed by atoms with Crippen molar-refractivity contribution >= 4 is 23.4 Å². The van der Waals surface area contributed by atoms with Gasteiger partial charge in [-0.15, -0.1) is 0 Å². The number of aromatic nitrogens is 1. The number of halogens is 1. The Bertz CT molecular complexity index is 398. The Morgan fingerprint density at radius 1 is 1.65 bits per heavy atom. The first-order valence-corrected chi connectivity index (χ1v) is 5.67. The highest BCUT2D eigenvalue weighted by molar-refractivity contribution is 6.29. The van der Waals surface area contributed by atoms with Crippen LogP contribution in [0.3, 0.4) is 0 Å². The molecule has 0 aliphatic carbocycles. The van der Waals surface area contributed by atoms with Crippen molar-refractivity contribution < 1.29 is 14.6 Å². The van der Waals surface area contributed by atoms with Gasteiger partial charge < -0.3 is 15.2 Å². The highest BCUT2D eigenvalue weighted by atomic mass is 35.5. The zero-order valence-electron chi connectivity index (χ0n) is 9.74. The quantitative estimate of drug-likeness (QED) is 0.766. The fourth-order valence-corrected chi connectivity index (χ4v) is 1.47. The van der Waals surface area contributed by atoms with Gasteiger partial charge in [0.2, 0.25) is 0 Å². The molecule has 1 heterocycles. The molecule has 0 aliphatic rings. The van der Waals surface area contributed by atoms with Crippen LogP contribution in [0.15, 0.2) is 12.1 Å². The van der Waals surface area contributed by atoms with Gasteiger partial charge in [0.1, 0.15) is 16.5 Å². The van der Waals surface area contributed by atoms with Crippen LogP contribution in [-0.2, 0) is 4.74 Å². The molecule has 0 radical (unpaired) electrons. The SMILES string of the molecule is CCOC(C)CNc1nc(Cl)ccc1C(=O)O. The molecule has 0 amide bonds. The largest absolute Gasteiger partial charge is 0.478 e. The van der Waals surface area contributed by atoms with Gasteiger partial charge >= 0.3 is 5.97 Å². The maximum absolute atomic E-state index is 10.9. The minimum Gasteiger partial charge on any atom is -0.478 e. The Balaban J connectivity index is 2.75. The van der Waals surface area contributed by atoms with Crippen LogP contribution in [0.5, 0.6) is 0 Å². The molecule has 1 atom stereocenters. The van der Waals surface area contributed by atoms with Crippen LogP contribution in [0.1, 0.15) is 24.2 Å². The Morgan fingerprint density at radius 2 is 2.35 bits per heavy atom. The topological polar surface area (TPSA) is 71.5 Å². The summed E-state index contributed by atoms with van der Waals surface area (Å²) < 4.78 is 5.32. The van der Waals surface area contributed by atoms with Gasteiger partial charge in [-0.05, 0) is 26.0 Å². The predicted octanol–water partition coefficient (Wildman–Crippen LogP) is 2.27. The molecule has 17 heavy (non-hydrogen) atoms.